The molecule has 2 heterocycles. The first-order valence-corrected chi connectivity index (χ1v) is 7.67. The molecule has 2 aliphatic rings. The van der Waals surface area contributed by atoms with Crippen molar-refractivity contribution >= 4 is 5.91 Å². The summed E-state index contributed by atoms with van der Waals surface area (Å²) < 4.78 is 5.47. The fourth-order valence-corrected chi connectivity index (χ4v) is 3.18. The van der Waals surface area contributed by atoms with Crippen LogP contribution >= 0.6 is 0 Å². The van der Waals surface area contributed by atoms with Gasteiger partial charge in [0.15, 0.2) is 0 Å². The average Bonchev–Trinajstić information content (AvgIpc) is 3.04. The standard InChI is InChI=1S/C16H21N3O2/c1-12(20)19(13-4-5-13)10-14-3-2-8-18(14)11-16-7-6-15(9-17)21-16/h6-7,13-14H,2-5,8,10-11H2,1H3/t14-/m0/s1. The lowest BCUT2D eigenvalue weighted by Gasteiger charge is -2.30. The molecule has 1 atom stereocenters. The molecule has 0 bridgehead atoms. The molecule has 0 N–H and O–H groups in total. The highest BCUT2D eigenvalue weighted by Crippen LogP contribution is 2.29. The van der Waals surface area contributed by atoms with Gasteiger partial charge in [0.2, 0.25) is 11.7 Å². The second-order valence-electron chi connectivity index (χ2n) is 6.05. The van der Waals surface area contributed by atoms with Gasteiger partial charge in [-0.15, -0.1) is 0 Å². The van der Waals surface area contributed by atoms with Crippen LogP contribution in [0.1, 0.15) is 44.1 Å². The van der Waals surface area contributed by atoms with E-state index in [0.29, 0.717) is 17.8 Å². The third-order valence-electron chi connectivity index (χ3n) is 4.43. The zero-order valence-corrected chi connectivity index (χ0v) is 12.4. The van der Waals surface area contributed by atoms with Crippen molar-refractivity contribution in [2.75, 3.05) is 13.1 Å². The summed E-state index contributed by atoms with van der Waals surface area (Å²) in [5, 5.41) is 8.81. The fourth-order valence-electron chi connectivity index (χ4n) is 3.18. The highest BCUT2D eigenvalue weighted by Gasteiger charge is 2.35. The molecule has 21 heavy (non-hydrogen) atoms. The molecule has 1 aromatic heterocycles. The molecule has 1 aliphatic heterocycles. The molecule has 1 saturated carbocycles. The molecule has 0 spiro atoms. The van der Waals surface area contributed by atoms with Gasteiger partial charge < -0.3 is 9.32 Å². The number of amides is 1. The van der Waals surface area contributed by atoms with Crippen molar-refractivity contribution in [2.45, 2.75) is 51.2 Å². The molecule has 5 nitrogen and oxygen atoms in total. The lowest BCUT2D eigenvalue weighted by atomic mass is 10.2. The van der Waals surface area contributed by atoms with Crippen LogP contribution in [-0.2, 0) is 11.3 Å². The van der Waals surface area contributed by atoms with Crippen molar-refractivity contribution < 1.29 is 9.21 Å². The zero-order chi connectivity index (χ0) is 14.8. The van der Waals surface area contributed by atoms with Crippen molar-refractivity contribution in [1.82, 2.24) is 9.80 Å². The molecule has 1 saturated heterocycles. The van der Waals surface area contributed by atoms with E-state index in [4.69, 9.17) is 9.68 Å². The van der Waals surface area contributed by atoms with Crippen molar-refractivity contribution in [1.29, 1.82) is 5.26 Å². The monoisotopic (exact) mass is 287 g/mol. The van der Waals surface area contributed by atoms with Crippen LogP contribution in [0.4, 0.5) is 0 Å². The number of carbonyl (C=O) groups is 1. The number of hydrogen-bond acceptors (Lipinski definition) is 4. The Morgan fingerprint density at radius 2 is 2.29 bits per heavy atom. The summed E-state index contributed by atoms with van der Waals surface area (Å²) in [6.45, 7) is 4.25. The molecule has 0 aromatic carbocycles. The maximum absolute atomic E-state index is 11.8. The molecular formula is C16H21N3O2. The summed E-state index contributed by atoms with van der Waals surface area (Å²) in [7, 11) is 0. The first kappa shape index (κ1) is 14.2. The number of carbonyl (C=O) groups excluding carboxylic acids is 1. The van der Waals surface area contributed by atoms with E-state index in [1.165, 1.54) is 0 Å². The Bertz CT molecular complexity index is 556. The number of nitriles is 1. The Morgan fingerprint density at radius 3 is 2.90 bits per heavy atom. The third kappa shape index (κ3) is 3.27. The third-order valence-corrected chi connectivity index (χ3v) is 4.43. The highest BCUT2D eigenvalue weighted by molar-refractivity contribution is 5.74. The van der Waals surface area contributed by atoms with Gasteiger partial charge in [-0.1, -0.05) is 0 Å². The van der Waals surface area contributed by atoms with E-state index in [0.717, 1.165) is 51.1 Å². The van der Waals surface area contributed by atoms with Crippen LogP contribution in [-0.4, -0.2) is 40.9 Å². The van der Waals surface area contributed by atoms with Crippen molar-refractivity contribution in [3.05, 3.63) is 23.7 Å². The van der Waals surface area contributed by atoms with Crippen molar-refractivity contribution in [3.8, 4) is 6.07 Å². The Morgan fingerprint density at radius 1 is 1.48 bits per heavy atom. The van der Waals surface area contributed by atoms with Gasteiger partial charge in [-0.25, -0.2) is 0 Å². The van der Waals surface area contributed by atoms with Gasteiger partial charge in [-0.05, 0) is 44.4 Å². The van der Waals surface area contributed by atoms with E-state index in [1.807, 2.05) is 17.0 Å². The number of rotatable bonds is 5. The molecule has 112 valence electrons. The summed E-state index contributed by atoms with van der Waals surface area (Å²) in [4.78, 5) is 16.2. The van der Waals surface area contributed by atoms with Gasteiger partial charge in [0.1, 0.15) is 11.8 Å². The minimum atomic E-state index is 0.189. The van der Waals surface area contributed by atoms with E-state index >= 15 is 0 Å². The van der Waals surface area contributed by atoms with Crippen LogP contribution in [0.15, 0.2) is 16.5 Å². The van der Waals surface area contributed by atoms with Crippen LogP contribution in [0.3, 0.4) is 0 Å². The summed E-state index contributed by atoms with van der Waals surface area (Å²) in [6, 6.07) is 6.48. The van der Waals surface area contributed by atoms with Crippen molar-refractivity contribution in [3.63, 3.8) is 0 Å². The van der Waals surface area contributed by atoms with Gasteiger partial charge in [0, 0.05) is 25.6 Å². The van der Waals surface area contributed by atoms with E-state index < -0.39 is 0 Å². The number of likely N-dealkylation sites (tertiary alicyclic amines) is 1. The maximum atomic E-state index is 11.8. The minimum Gasteiger partial charge on any atom is -0.449 e. The lowest BCUT2D eigenvalue weighted by Crippen LogP contribution is -2.43. The smallest absolute Gasteiger partial charge is 0.219 e. The zero-order valence-electron chi connectivity index (χ0n) is 12.4. The first-order chi connectivity index (χ1) is 10.2. The van der Waals surface area contributed by atoms with E-state index in [1.54, 1.807) is 13.0 Å². The molecule has 0 radical (unpaired) electrons. The Labute approximate surface area is 125 Å². The van der Waals surface area contributed by atoms with Crippen LogP contribution in [0, 0.1) is 11.3 Å². The first-order valence-electron chi connectivity index (χ1n) is 7.67. The summed E-state index contributed by atoms with van der Waals surface area (Å²) in [6.07, 6.45) is 4.58. The number of furan rings is 1. The molecule has 1 amide bonds. The van der Waals surface area contributed by atoms with E-state index in [-0.39, 0.29) is 5.91 Å². The number of nitrogens with zero attached hydrogens (tertiary/aromatic N) is 3. The predicted octanol–water partition coefficient (Wildman–Crippen LogP) is 2.13. The quantitative estimate of drug-likeness (QED) is 0.832. The van der Waals surface area contributed by atoms with Crippen LogP contribution in [0.5, 0.6) is 0 Å². The second kappa shape index (κ2) is 5.90. The molecular weight excluding hydrogens is 266 g/mol. The Hall–Kier alpha value is -1.80. The van der Waals surface area contributed by atoms with Crippen LogP contribution in [0.2, 0.25) is 0 Å². The van der Waals surface area contributed by atoms with Gasteiger partial charge in [-0.2, -0.15) is 5.26 Å². The normalized spacial score (nSPS) is 22.2. The van der Waals surface area contributed by atoms with E-state index in [2.05, 4.69) is 4.90 Å². The van der Waals surface area contributed by atoms with E-state index in [9.17, 15) is 4.79 Å². The van der Waals surface area contributed by atoms with Gasteiger partial charge in [0.05, 0.1) is 6.54 Å². The summed E-state index contributed by atoms with van der Waals surface area (Å²) in [5.74, 6) is 1.39. The Kier molecular flexibility index (Phi) is 3.98. The fraction of sp³-hybridized carbons (Fsp3) is 0.625. The number of hydrogen-bond donors (Lipinski definition) is 0. The average molecular weight is 287 g/mol. The molecule has 5 heteroatoms. The van der Waals surface area contributed by atoms with Crippen molar-refractivity contribution in [2.24, 2.45) is 0 Å². The van der Waals surface area contributed by atoms with Crippen LogP contribution < -0.4 is 0 Å². The summed E-state index contributed by atoms with van der Waals surface area (Å²) >= 11 is 0. The minimum absolute atomic E-state index is 0.189. The molecule has 1 aliphatic carbocycles. The molecule has 2 fully saturated rings. The second-order valence-corrected chi connectivity index (χ2v) is 6.05. The topological polar surface area (TPSA) is 60.5 Å². The SMILES string of the molecule is CC(=O)N(C[C@@H]1CCCN1Cc1ccc(C#N)o1)C1CC1. The maximum Gasteiger partial charge on any atom is 0.219 e. The Balaban J connectivity index is 1.62. The molecule has 3 rings (SSSR count). The lowest BCUT2D eigenvalue weighted by molar-refractivity contribution is -0.130. The predicted molar refractivity (Wildman–Crippen MR) is 77.3 cm³/mol. The summed E-state index contributed by atoms with van der Waals surface area (Å²) in [5.41, 5.74) is 0. The van der Waals surface area contributed by atoms with Gasteiger partial charge >= 0.3 is 0 Å². The van der Waals surface area contributed by atoms with Crippen LogP contribution in [0.25, 0.3) is 0 Å². The van der Waals surface area contributed by atoms with Gasteiger partial charge in [0.25, 0.3) is 0 Å². The van der Waals surface area contributed by atoms with Gasteiger partial charge in [-0.3, -0.25) is 9.69 Å². The highest BCUT2D eigenvalue weighted by atomic mass is 16.3. The largest absolute Gasteiger partial charge is 0.449 e. The molecule has 1 aromatic rings. The molecule has 0 unspecified atom stereocenters.